The maximum Gasteiger partial charge on any atom is 0.164 e. The van der Waals surface area contributed by atoms with Crippen LogP contribution in [0.5, 0.6) is 0 Å². The molecule has 0 unspecified atom stereocenters. The molecule has 0 amide bonds. The average molecular weight is 400 g/mol. The largest absolute Gasteiger partial charge is 0.387 e. The van der Waals surface area contributed by atoms with Crippen LogP contribution < -0.4 is 0 Å². The minimum atomic E-state index is -1.15. The van der Waals surface area contributed by atoms with Gasteiger partial charge in [-0.25, -0.2) is 0 Å². The zero-order valence-corrected chi connectivity index (χ0v) is 16.7. The first kappa shape index (κ1) is 20.5. The van der Waals surface area contributed by atoms with E-state index in [0.29, 0.717) is 13.2 Å². The van der Waals surface area contributed by atoms with Crippen LogP contribution in [0.2, 0.25) is 0 Å². The van der Waals surface area contributed by atoms with Crippen molar-refractivity contribution in [2.45, 2.75) is 69.5 Å². The van der Waals surface area contributed by atoms with E-state index >= 15 is 0 Å². The summed E-state index contributed by atoms with van der Waals surface area (Å²) in [5.74, 6) is -0.859. The van der Waals surface area contributed by atoms with Crippen molar-refractivity contribution in [3.63, 3.8) is 0 Å². The van der Waals surface area contributed by atoms with Crippen LogP contribution in [-0.4, -0.2) is 52.6 Å². The van der Waals surface area contributed by atoms with E-state index in [0.717, 1.165) is 11.1 Å². The topological polar surface area (TPSA) is 77.4 Å². The first-order chi connectivity index (χ1) is 13.9. The van der Waals surface area contributed by atoms with E-state index in [2.05, 4.69) is 0 Å². The molecule has 1 aliphatic heterocycles. The third-order valence-corrected chi connectivity index (χ3v) is 5.40. The molecule has 1 heterocycles. The molecule has 0 radical (unpaired) electrons. The number of ether oxygens (including phenoxy) is 4. The molecule has 6 heteroatoms. The lowest BCUT2D eigenvalue weighted by Crippen LogP contribution is -2.63. The summed E-state index contributed by atoms with van der Waals surface area (Å²) in [6, 6.07) is 19.4. The average Bonchev–Trinajstić information content (AvgIpc) is 3.04. The second kappa shape index (κ2) is 8.52. The third-order valence-electron chi connectivity index (χ3n) is 5.40. The Bertz CT molecular complexity index is 715. The van der Waals surface area contributed by atoms with Gasteiger partial charge >= 0.3 is 0 Å². The van der Waals surface area contributed by atoms with Crippen LogP contribution in [-0.2, 0) is 32.2 Å². The van der Waals surface area contributed by atoms with Crippen molar-refractivity contribution >= 4 is 0 Å². The predicted octanol–water partition coefficient (Wildman–Crippen LogP) is 2.41. The van der Waals surface area contributed by atoms with Gasteiger partial charge in [0.2, 0.25) is 0 Å². The fourth-order valence-electron chi connectivity index (χ4n) is 4.02. The maximum absolute atomic E-state index is 10.8. The second-order valence-corrected chi connectivity index (χ2v) is 8.07. The van der Waals surface area contributed by atoms with Crippen LogP contribution in [0.3, 0.4) is 0 Å². The summed E-state index contributed by atoms with van der Waals surface area (Å²) in [5, 5.41) is 21.6. The molecule has 0 aromatic heterocycles. The van der Waals surface area contributed by atoms with Crippen molar-refractivity contribution in [1.29, 1.82) is 0 Å². The molecular formula is C23H28O6. The van der Waals surface area contributed by atoms with Crippen molar-refractivity contribution in [2.75, 3.05) is 0 Å². The van der Waals surface area contributed by atoms with E-state index in [9.17, 15) is 10.2 Å². The van der Waals surface area contributed by atoms with Gasteiger partial charge in [-0.15, -0.1) is 0 Å². The van der Waals surface area contributed by atoms with Crippen LogP contribution in [0, 0.1) is 0 Å². The van der Waals surface area contributed by atoms with E-state index in [1.165, 1.54) is 0 Å². The van der Waals surface area contributed by atoms with Gasteiger partial charge in [0.05, 0.1) is 13.2 Å². The highest BCUT2D eigenvalue weighted by molar-refractivity contribution is 5.15. The van der Waals surface area contributed by atoms with E-state index in [-0.39, 0.29) is 0 Å². The summed E-state index contributed by atoms with van der Waals surface area (Å²) >= 11 is 0. The van der Waals surface area contributed by atoms with Crippen molar-refractivity contribution < 1.29 is 29.2 Å². The van der Waals surface area contributed by atoms with Crippen molar-refractivity contribution in [3.05, 3.63) is 71.8 Å². The number of rotatable bonds is 6. The smallest absolute Gasteiger partial charge is 0.164 e. The molecule has 6 nitrogen and oxygen atoms in total. The number of hydrogen-bond donors (Lipinski definition) is 2. The number of aliphatic hydroxyl groups excluding tert-OH is 2. The van der Waals surface area contributed by atoms with Gasteiger partial charge in [-0.05, 0) is 25.0 Å². The molecule has 1 aliphatic carbocycles. The maximum atomic E-state index is 10.8. The summed E-state index contributed by atoms with van der Waals surface area (Å²) in [5.41, 5.74) is 1.96. The monoisotopic (exact) mass is 400 g/mol. The molecule has 0 spiro atoms. The second-order valence-electron chi connectivity index (χ2n) is 8.07. The normalized spacial score (nSPS) is 33.4. The molecule has 2 aliphatic rings. The van der Waals surface area contributed by atoms with Crippen LogP contribution in [0.15, 0.2) is 60.7 Å². The summed E-state index contributed by atoms with van der Waals surface area (Å²) in [7, 11) is 0. The minimum absolute atomic E-state index is 0.303. The fourth-order valence-corrected chi connectivity index (χ4v) is 4.02. The highest BCUT2D eigenvalue weighted by Crippen LogP contribution is 2.40. The number of benzene rings is 2. The molecule has 156 valence electrons. The lowest BCUT2D eigenvalue weighted by Gasteiger charge is -2.43. The molecule has 1 saturated heterocycles. The van der Waals surface area contributed by atoms with Crippen LogP contribution in [0.1, 0.15) is 25.0 Å². The molecule has 2 N–H and O–H groups in total. The highest BCUT2D eigenvalue weighted by Gasteiger charge is 2.58. The zero-order chi connectivity index (χ0) is 20.4. The Morgan fingerprint density at radius 1 is 0.724 bits per heavy atom. The molecule has 6 atom stereocenters. The van der Waals surface area contributed by atoms with Crippen molar-refractivity contribution in [3.8, 4) is 0 Å². The van der Waals surface area contributed by atoms with Gasteiger partial charge in [-0.1, -0.05) is 60.7 Å². The number of hydrogen-bond acceptors (Lipinski definition) is 6. The summed E-state index contributed by atoms with van der Waals surface area (Å²) in [6.45, 7) is 4.23. The first-order valence-electron chi connectivity index (χ1n) is 9.97. The third kappa shape index (κ3) is 4.53. The van der Waals surface area contributed by atoms with Crippen LogP contribution in [0.25, 0.3) is 0 Å². The lowest BCUT2D eigenvalue weighted by molar-refractivity contribution is -0.223. The van der Waals surface area contributed by atoms with Gasteiger partial charge in [0.25, 0.3) is 0 Å². The highest BCUT2D eigenvalue weighted by atomic mass is 16.8. The van der Waals surface area contributed by atoms with Crippen molar-refractivity contribution in [1.82, 2.24) is 0 Å². The Kier molecular flexibility index (Phi) is 6.01. The van der Waals surface area contributed by atoms with E-state index < -0.39 is 42.4 Å². The molecule has 2 aromatic carbocycles. The van der Waals surface area contributed by atoms with E-state index in [1.807, 2.05) is 74.5 Å². The Morgan fingerprint density at radius 2 is 1.10 bits per heavy atom. The van der Waals surface area contributed by atoms with Gasteiger partial charge in [-0.2, -0.15) is 0 Å². The fraction of sp³-hybridized carbons (Fsp3) is 0.478. The number of fused-ring (bicyclic) bond motifs is 1. The van der Waals surface area contributed by atoms with Gasteiger partial charge in [0, 0.05) is 0 Å². The predicted molar refractivity (Wildman–Crippen MR) is 106 cm³/mol. The van der Waals surface area contributed by atoms with Gasteiger partial charge in [-0.3, -0.25) is 0 Å². The van der Waals surface area contributed by atoms with E-state index in [1.54, 1.807) is 0 Å². The van der Waals surface area contributed by atoms with Gasteiger partial charge in [0.1, 0.15) is 36.6 Å². The SMILES string of the molecule is CC1(C)O[C@@H]2[C@@H](O1)[C@@H](OCc1ccccc1)[C@@H](O)[C@@H](O)[C@@H]2OCc1ccccc1. The Morgan fingerprint density at radius 3 is 1.48 bits per heavy atom. The lowest BCUT2D eigenvalue weighted by atomic mass is 9.84. The Balaban J connectivity index is 1.50. The summed E-state index contributed by atoms with van der Waals surface area (Å²) < 4.78 is 24.1. The van der Waals surface area contributed by atoms with Gasteiger partial charge < -0.3 is 29.2 Å². The molecule has 0 bridgehead atoms. The van der Waals surface area contributed by atoms with Gasteiger partial charge in [0.15, 0.2) is 5.79 Å². The quantitative estimate of drug-likeness (QED) is 0.776. The molecule has 2 aromatic rings. The van der Waals surface area contributed by atoms with E-state index in [4.69, 9.17) is 18.9 Å². The number of aliphatic hydroxyl groups is 2. The first-order valence-corrected chi connectivity index (χ1v) is 9.97. The standard InChI is InChI=1S/C23H28O6/c1-23(2)28-21-19(26-13-15-9-5-3-6-10-15)17(24)18(25)20(22(21)29-23)27-14-16-11-7-4-8-12-16/h3-12,17-22,24-25H,13-14H2,1-2H3/t17-,18+,19-,20-,21-,22-/m0/s1. The molecular weight excluding hydrogens is 372 g/mol. The van der Waals surface area contributed by atoms with Crippen LogP contribution in [0.4, 0.5) is 0 Å². The minimum Gasteiger partial charge on any atom is -0.387 e. The Hall–Kier alpha value is -1.80. The van der Waals surface area contributed by atoms with Crippen LogP contribution >= 0.6 is 0 Å². The summed E-state index contributed by atoms with van der Waals surface area (Å²) in [6.07, 6.45) is -4.86. The summed E-state index contributed by atoms with van der Waals surface area (Å²) in [4.78, 5) is 0. The molecule has 29 heavy (non-hydrogen) atoms. The molecule has 4 rings (SSSR count). The van der Waals surface area contributed by atoms with Crippen molar-refractivity contribution in [2.24, 2.45) is 0 Å². The molecule has 1 saturated carbocycles. The zero-order valence-electron chi connectivity index (χ0n) is 16.7. The Labute approximate surface area is 171 Å². The molecule has 2 fully saturated rings.